The normalized spacial score (nSPS) is 19.6. The van der Waals surface area contributed by atoms with Crippen LogP contribution in [0.4, 0.5) is 11.4 Å². The van der Waals surface area contributed by atoms with Crippen LogP contribution in [0.3, 0.4) is 0 Å². The summed E-state index contributed by atoms with van der Waals surface area (Å²) >= 11 is 0. The van der Waals surface area contributed by atoms with Gasteiger partial charge in [-0.3, -0.25) is 14.1 Å². The van der Waals surface area contributed by atoms with E-state index in [9.17, 15) is 27.7 Å². The first-order chi connectivity index (χ1) is 29.2. The van der Waals surface area contributed by atoms with Crippen molar-refractivity contribution in [2.45, 2.75) is 115 Å². The molecule has 3 aliphatic rings. The molecule has 12 nitrogen and oxygen atoms in total. The lowest BCUT2D eigenvalue weighted by Crippen LogP contribution is -2.51. The molecule has 0 saturated heterocycles. The molecule has 332 valence electrons. The number of benzene rings is 3. The number of allylic oxidation sites excluding steroid dienone is 6. The van der Waals surface area contributed by atoms with E-state index in [1.165, 1.54) is 11.6 Å². The second-order valence-corrected chi connectivity index (χ2v) is 19.3. The summed E-state index contributed by atoms with van der Waals surface area (Å²) in [6.07, 6.45) is 13.4. The summed E-state index contributed by atoms with van der Waals surface area (Å²) in [5, 5.41) is 22.6. The van der Waals surface area contributed by atoms with Gasteiger partial charge in [-0.2, -0.15) is 13.0 Å². The fourth-order valence-corrected chi connectivity index (χ4v) is 9.61. The predicted molar refractivity (Wildman–Crippen MR) is 242 cm³/mol. The Morgan fingerprint density at radius 3 is 2.39 bits per heavy atom. The zero-order valence-corrected chi connectivity index (χ0v) is 38.1. The second kappa shape index (κ2) is 18.2. The van der Waals surface area contributed by atoms with E-state index in [1.807, 2.05) is 71.9 Å². The highest BCUT2D eigenvalue weighted by molar-refractivity contribution is 7.85. The number of ether oxygens (including phenoxy) is 2. The molecule has 1 amide bonds. The lowest BCUT2D eigenvalue weighted by atomic mass is 9.81. The second-order valence-electron chi connectivity index (χ2n) is 17.8. The molecule has 0 aliphatic carbocycles. The van der Waals surface area contributed by atoms with E-state index in [0.29, 0.717) is 57.9 Å². The van der Waals surface area contributed by atoms with Crippen molar-refractivity contribution in [2.75, 3.05) is 37.7 Å². The molecule has 6 rings (SSSR count). The van der Waals surface area contributed by atoms with E-state index in [0.717, 1.165) is 63.4 Å². The van der Waals surface area contributed by atoms with Crippen molar-refractivity contribution in [3.63, 3.8) is 0 Å². The fourth-order valence-electron chi connectivity index (χ4n) is 9.11. The number of carbonyl (C=O) groups excluding carboxylic acids is 1. The molecule has 0 saturated carbocycles. The topological polar surface area (TPSA) is 166 Å². The van der Waals surface area contributed by atoms with Gasteiger partial charge in [0.25, 0.3) is 16.0 Å². The van der Waals surface area contributed by atoms with Crippen molar-refractivity contribution in [1.82, 2.24) is 5.32 Å². The molecule has 13 heteroatoms. The lowest BCUT2D eigenvalue weighted by Gasteiger charge is -2.36. The molecule has 0 fully saturated rings. The standard InChI is InChI=1S/C49H61N3O9S/c1-32-33(2)45-36(34(3)44(32)55)24-25-49(8,61-45)46(56)50-26-29-60-30-28-52-39-18-15-14-17-37(39)47(4,5)41(52)19-11-9-12-20-42-48(6,7)38-31-35(62(57,58)59)22-23-40(38)51(42)27-16-10-13-21-43(53)54/h9,11-12,14-15,17-20,22-23,31H,10,13,16,21,24-30H2,1-8H3,(H3-,50,53,54,55,56,57,58,59)/p+1. The largest absolute Gasteiger partial charge is 0.507 e. The van der Waals surface area contributed by atoms with Crippen LogP contribution in [0.25, 0.3) is 0 Å². The van der Waals surface area contributed by atoms with Crippen molar-refractivity contribution in [2.24, 2.45) is 0 Å². The smallest absolute Gasteiger partial charge is 0.303 e. The highest BCUT2D eigenvalue weighted by atomic mass is 32.2. The van der Waals surface area contributed by atoms with Crippen LogP contribution < -0.4 is 15.0 Å². The van der Waals surface area contributed by atoms with E-state index in [1.54, 1.807) is 12.1 Å². The van der Waals surface area contributed by atoms with Crippen LogP contribution in [0.1, 0.15) is 100 Å². The van der Waals surface area contributed by atoms with Gasteiger partial charge in [0.2, 0.25) is 5.69 Å². The molecule has 3 aliphatic heterocycles. The number of nitrogens with zero attached hydrogens (tertiary/aromatic N) is 2. The van der Waals surface area contributed by atoms with Gasteiger partial charge in [-0.15, -0.1) is 0 Å². The van der Waals surface area contributed by atoms with Gasteiger partial charge >= 0.3 is 5.97 Å². The quantitative estimate of drug-likeness (QED) is 0.0449. The monoisotopic (exact) mass is 868 g/mol. The Morgan fingerprint density at radius 2 is 1.66 bits per heavy atom. The van der Waals surface area contributed by atoms with E-state index in [-0.39, 0.29) is 28.4 Å². The molecule has 3 aromatic carbocycles. The van der Waals surface area contributed by atoms with Gasteiger partial charge in [-0.05, 0) is 107 Å². The average Bonchev–Trinajstić information content (AvgIpc) is 3.57. The molecule has 3 heterocycles. The number of carboxylic acid groups (broad SMARTS) is 1. The van der Waals surface area contributed by atoms with Crippen molar-refractivity contribution in [1.29, 1.82) is 0 Å². The van der Waals surface area contributed by atoms with Gasteiger partial charge < -0.3 is 29.9 Å². The summed E-state index contributed by atoms with van der Waals surface area (Å²) in [5.74, 6) is -0.0338. The third-order valence-electron chi connectivity index (χ3n) is 13.0. The molecule has 62 heavy (non-hydrogen) atoms. The number of nitrogens with one attached hydrogen (secondary N) is 1. The molecule has 0 bridgehead atoms. The number of hydrogen-bond acceptors (Lipinski definition) is 8. The SMILES string of the molecule is Cc1c(C)c2c(c(C)c1O)CCC(C)(C(=O)NCCOCC[N+]1=C(C=CC=CC=C3N(CCCCCC(=O)O)c4ccc(S(=O)(=O)O)cc4C3(C)C)C(C)(C)c3ccccc31)O2. The average molecular weight is 869 g/mol. The van der Waals surface area contributed by atoms with E-state index >= 15 is 0 Å². The summed E-state index contributed by atoms with van der Waals surface area (Å²) in [4.78, 5) is 26.5. The number of hydrogen-bond donors (Lipinski definition) is 4. The number of para-hydroxylation sites is 1. The van der Waals surface area contributed by atoms with Crippen molar-refractivity contribution in [3.8, 4) is 11.5 Å². The van der Waals surface area contributed by atoms with E-state index in [2.05, 4.69) is 52.9 Å². The molecule has 0 spiro atoms. The highest BCUT2D eigenvalue weighted by Crippen LogP contribution is 2.49. The third kappa shape index (κ3) is 9.26. The summed E-state index contributed by atoms with van der Waals surface area (Å²) in [5.41, 5.74) is 7.53. The number of amides is 1. The highest BCUT2D eigenvalue weighted by Gasteiger charge is 2.45. The number of phenols is 1. The fraction of sp³-hybridized carbons (Fsp3) is 0.449. The van der Waals surface area contributed by atoms with E-state index in [4.69, 9.17) is 14.6 Å². The van der Waals surface area contributed by atoms with Crippen LogP contribution in [0, 0.1) is 20.8 Å². The van der Waals surface area contributed by atoms with Crippen LogP contribution in [-0.4, -0.2) is 83.8 Å². The minimum absolute atomic E-state index is 0.114. The van der Waals surface area contributed by atoms with Crippen molar-refractivity contribution >= 4 is 39.1 Å². The van der Waals surface area contributed by atoms with Crippen molar-refractivity contribution < 1.29 is 46.8 Å². The number of rotatable bonds is 17. The summed E-state index contributed by atoms with van der Waals surface area (Å²) in [6, 6.07) is 13.1. The summed E-state index contributed by atoms with van der Waals surface area (Å²) in [6.45, 7) is 18.3. The zero-order valence-electron chi connectivity index (χ0n) is 37.3. The number of fused-ring (bicyclic) bond motifs is 3. The predicted octanol–water partition coefficient (Wildman–Crippen LogP) is 8.30. The van der Waals surface area contributed by atoms with Gasteiger partial charge in [0, 0.05) is 66.0 Å². The van der Waals surface area contributed by atoms with Crippen molar-refractivity contribution in [3.05, 3.63) is 112 Å². The maximum Gasteiger partial charge on any atom is 0.303 e. The number of anilines is 1. The Bertz CT molecular complexity index is 2480. The minimum atomic E-state index is -4.40. The summed E-state index contributed by atoms with van der Waals surface area (Å²) in [7, 11) is -4.40. The van der Waals surface area contributed by atoms with Crippen LogP contribution in [0.5, 0.6) is 11.5 Å². The number of phenolic OH excluding ortho intramolecular Hbond substituents is 1. The van der Waals surface area contributed by atoms with Gasteiger partial charge in [-0.25, -0.2) is 0 Å². The number of carboxylic acids is 1. The van der Waals surface area contributed by atoms with Gasteiger partial charge in [-0.1, -0.05) is 56.7 Å². The Balaban J connectivity index is 1.12. The first-order valence-corrected chi connectivity index (χ1v) is 22.9. The Kier molecular flexibility index (Phi) is 13.6. The molecule has 4 N–H and O–H groups in total. The Morgan fingerprint density at radius 1 is 0.919 bits per heavy atom. The maximum atomic E-state index is 13.4. The van der Waals surface area contributed by atoms with Crippen LogP contribution in [-0.2, 0) is 41.7 Å². The number of unbranched alkanes of at least 4 members (excludes halogenated alkanes) is 2. The summed E-state index contributed by atoms with van der Waals surface area (Å²) < 4.78 is 48.7. The molecule has 0 aromatic heterocycles. The van der Waals surface area contributed by atoms with Gasteiger partial charge in [0.15, 0.2) is 17.9 Å². The maximum absolute atomic E-state index is 13.4. The molecule has 1 atom stereocenters. The van der Waals surface area contributed by atoms with Crippen LogP contribution in [0.15, 0.2) is 83.4 Å². The lowest BCUT2D eigenvalue weighted by molar-refractivity contribution is -0.442. The molecular formula is C49H62N3O9S+. The van der Waals surface area contributed by atoms with Crippen LogP contribution >= 0.6 is 0 Å². The molecule has 3 aromatic rings. The van der Waals surface area contributed by atoms with Crippen LogP contribution in [0.2, 0.25) is 0 Å². The molecular weight excluding hydrogens is 807 g/mol. The van der Waals surface area contributed by atoms with E-state index < -0.39 is 27.1 Å². The molecule has 1 unspecified atom stereocenters. The first-order valence-electron chi connectivity index (χ1n) is 21.5. The zero-order chi connectivity index (χ0) is 45.2. The molecule has 0 radical (unpaired) electrons. The third-order valence-corrected chi connectivity index (χ3v) is 13.8. The van der Waals surface area contributed by atoms with Gasteiger partial charge in [0.1, 0.15) is 18.1 Å². The Labute approximate surface area is 366 Å². The Hall–Kier alpha value is -5.24. The first kappa shape index (κ1) is 46.3. The number of aliphatic carboxylic acids is 1. The number of aromatic hydroxyl groups is 1. The minimum Gasteiger partial charge on any atom is -0.507 e. The number of carbonyl (C=O) groups is 2. The van der Waals surface area contributed by atoms with Gasteiger partial charge in [0.05, 0.1) is 16.9 Å².